The maximum atomic E-state index is 12.8. The van der Waals surface area contributed by atoms with Gasteiger partial charge in [0.2, 0.25) is 0 Å². The molecule has 0 bridgehead atoms. The summed E-state index contributed by atoms with van der Waals surface area (Å²) in [5.74, 6) is -0.176. The molecule has 0 aromatic heterocycles. The van der Waals surface area contributed by atoms with Crippen LogP contribution in [0.25, 0.3) is 0 Å². The molecule has 0 radical (unpaired) electrons. The number of carbonyl (C=O) groups is 1. The Morgan fingerprint density at radius 1 is 0.893 bits per heavy atom. The number of carbonyl (C=O) groups excluding carboxylic acids is 1. The number of aliphatic hydroxyl groups excluding tert-OH is 3. The van der Waals surface area contributed by atoms with Gasteiger partial charge in [-0.1, -0.05) is 64.7 Å². The predicted molar refractivity (Wildman–Crippen MR) is 104 cm³/mol. The molecule has 0 aromatic rings. The van der Waals surface area contributed by atoms with Crippen LogP contribution in [0.15, 0.2) is 0 Å². The van der Waals surface area contributed by atoms with Crippen molar-refractivity contribution in [2.24, 2.45) is 0 Å². The second-order valence-electron chi connectivity index (χ2n) is 7.96. The van der Waals surface area contributed by atoms with Crippen LogP contribution in [-0.2, 0) is 14.6 Å². The zero-order valence-electron chi connectivity index (χ0n) is 16.7. The highest BCUT2D eigenvalue weighted by atomic mass is 32.2. The van der Waals surface area contributed by atoms with Crippen molar-refractivity contribution in [3.05, 3.63) is 0 Å². The van der Waals surface area contributed by atoms with Crippen molar-refractivity contribution in [2.75, 3.05) is 12.4 Å². The van der Waals surface area contributed by atoms with E-state index in [0.29, 0.717) is 6.42 Å². The number of amides is 1. The highest BCUT2D eigenvalue weighted by molar-refractivity contribution is 7.92. The van der Waals surface area contributed by atoms with E-state index in [-0.39, 0.29) is 12.4 Å². The number of sulfone groups is 1. The molecule has 28 heavy (non-hydrogen) atoms. The first-order valence-electron chi connectivity index (χ1n) is 10.5. The normalized spacial score (nSPS) is 30.4. The van der Waals surface area contributed by atoms with Crippen molar-refractivity contribution in [1.29, 1.82) is 0 Å². The number of aliphatic hydroxyl groups is 3. The molecule has 0 aliphatic carbocycles. The van der Waals surface area contributed by atoms with Crippen LogP contribution in [-0.4, -0.2) is 76.8 Å². The molecule has 0 aromatic carbocycles. The molecule has 2 aliphatic heterocycles. The number of unbranched alkanes of at least 4 members (excludes halogenated alkanes) is 9. The lowest BCUT2D eigenvalue weighted by molar-refractivity contribution is -0.126. The molecule has 2 heterocycles. The Morgan fingerprint density at radius 2 is 1.43 bits per heavy atom. The van der Waals surface area contributed by atoms with Gasteiger partial charge < -0.3 is 20.1 Å². The number of fused-ring (bicyclic) bond motifs is 1. The number of ether oxygens (including phenoxy) is 1. The van der Waals surface area contributed by atoms with Crippen molar-refractivity contribution in [2.45, 2.75) is 101 Å². The highest BCUT2D eigenvalue weighted by Crippen LogP contribution is 2.33. The summed E-state index contributed by atoms with van der Waals surface area (Å²) in [6.07, 6.45) is 4.92. The van der Waals surface area contributed by atoms with E-state index in [2.05, 4.69) is 6.92 Å². The molecule has 0 unspecified atom stereocenters. The summed E-state index contributed by atoms with van der Waals surface area (Å²) in [4.78, 5) is 12.8. The maximum Gasteiger partial charge on any atom is 0.411 e. The lowest BCUT2D eigenvalue weighted by Gasteiger charge is -2.43. The summed E-state index contributed by atoms with van der Waals surface area (Å²) in [7, 11) is -3.88. The standard InChI is InChI=1S/C19H35NO7S/c1-2-3-4-5-6-7-8-9-10-11-12-28(25,26)18-17(23)16(22)15(21)14-13-27-19(24)20(14)18/h14-18,21-23H,2-13H2,1H3/t14-,15-,16+,17-,18-/m1/s1. The van der Waals surface area contributed by atoms with Crippen molar-refractivity contribution in [1.82, 2.24) is 4.90 Å². The van der Waals surface area contributed by atoms with E-state index in [1.165, 1.54) is 32.1 Å². The average Bonchev–Trinajstić information content (AvgIpc) is 3.02. The monoisotopic (exact) mass is 421 g/mol. The molecule has 164 valence electrons. The molecular weight excluding hydrogens is 386 g/mol. The second kappa shape index (κ2) is 10.8. The fourth-order valence-corrected chi connectivity index (χ4v) is 6.08. The van der Waals surface area contributed by atoms with E-state index < -0.39 is 45.7 Å². The summed E-state index contributed by atoms with van der Waals surface area (Å²) in [6, 6.07) is -0.960. The van der Waals surface area contributed by atoms with E-state index in [9.17, 15) is 28.5 Å². The Hall–Kier alpha value is -0.900. The zero-order valence-corrected chi connectivity index (χ0v) is 17.5. The minimum Gasteiger partial charge on any atom is -0.447 e. The number of hydrogen-bond donors (Lipinski definition) is 3. The van der Waals surface area contributed by atoms with E-state index in [4.69, 9.17) is 4.74 Å². The largest absolute Gasteiger partial charge is 0.447 e. The number of rotatable bonds is 12. The summed E-state index contributed by atoms with van der Waals surface area (Å²) >= 11 is 0. The van der Waals surface area contributed by atoms with Gasteiger partial charge in [-0.3, -0.25) is 4.90 Å². The van der Waals surface area contributed by atoms with Crippen molar-refractivity contribution in [3.8, 4) is 0 Å². The lowest BCUT2D eigenvalue weighted by Crippen LogP contribution is -2.67. The van der Waals surface area contributed by atoms with E-state index >= 15 is 0 Å². The molecule has 1 amide bonds. The van der Waals surface area contributed by atoms with Gasteiger partial charge in [0.1, 0.15) is 24.9 Å². The van der Waals surface area contributed by atoms with Crippen LogP contribution >= 0.6 is 0 Å². The Kier molecular flexibility index (Phi) is 8.98. The molecule has 0 saturated carbocycles. The van der Waals surface area contributed by atoms with Crippen LogP contribution in [0.2, 0.25) is 0 Å². The quantitative estimate of drug-likeness (QED) is 0.409. The molecule has 2 aliphatic rings. The molecular formula is C19H35NO7S. The maximum absolute atomic E-state index is 12.8. The fraction of sp³-hybridized carbons (Fsp3) is 0.947. The third kappa shape index (κ3) is 5.58. The number of piperidine rings is 1. The molecule has 2 rings (SSSR count). The predicted octanol–water partition coefficient (Wildman–Crippen LogP) is 1.57. The minimum absolute atomic E-state index is 0.176. The Balaban J connectivity index is 1.79. The van der Waals surface area contributed by atoms with Crippen LogP contribution in [0.5, 0.6) is 0 Å². The average molecular weight is 422 g/mol. The molecule has 3 N–H and O–H groups in total. The van der Waals surface area contributed by atoms with Gasteiger partial charge in [0.05, 0.1) is 11.8 Å². The van der Waals surface area contributed by atoms with Gasteiger partial charge in [-0.05, 0) is 6.42 Å². The van der Waals surface area contributed by atoms with E-state index in [1.807, 2.05) is 0 Å². The summed E-state index contributed by atoms with van der Waals surface area (Å²) in [5, 5.41) is 28.7. The van der Waals surface area contributed by atoms with Gasteiger partial charge in [0.15, 0.2) is 15.2 Å². The van der Waals surface area contributed by atoms with Crippen LogP contribution in [0.3, 0.4) is 0 Å². The van der Waals surface area contributed by atoms with Gasteiger partial charge in [-0.2, -0.15) is 0 Å². The van der Waals surface area contributed by atoms with Gasteiger partial charge in [0, 0.05) is 0 Å². The third-order valence-corrected chi connectivity index (χ3v) is 7.86. The second-order valence-corrected chi connectivity index (χ2v) is 10.2. The Bertz CT molecular complexity index is 597. The van der Waals surface area contributed by atoms with Crippen LogP contribution in [0.4, 0.5) is 4.79 Å². The molecule has 2 fully saturated rings. The first-order chi connectivity index (χ1) is 13.3. The van der Waals surface area contributed by atoms with Crippen molar-refractivity contribution in [3.63, 3.8) is 0 Å². The highest BCUT2D eigenvalue weighted by Gasteiger charge is 2.57. The lowest BCUT2D eigenvalue weighted by atomic mass is 9.95. The van der Waals surface area contributed by atoms with E-state index in [1.54, 1.807) is 0 Å². The topological polar surface area (TPSA) is 124 Å². The van der Waals surface area contributed by atoms with Gasteiger partial charge in [0.25, 0.3) is 0 Å². The first-order valence-corrected chi connectivity index (χ1v) is 12.2. The SMILES string of the molecule is CCCCCCCCCCCCS(=O)(=O)[C@@H]1[C@H](O)[C@@H](O)[C@H](O)[C@H]2COC(=O)N21. The van der Waals surface area contributed by atoms with Crippen molar-refractivity contribution < 1.29 is 33.3 Å². The molecule has 5 atom stereocenters. The summed E-state index contributed by atoms with van der Waals surface area (Å²) < 4.78 is 30.4. The first kappa shape index (κ1) is 23.4. The van der Waals surface area contributed by atoms with Gasteiger partial charge >= 0.3 is 6.09 Å². The summed E-state index contributed by atoms with van der Waals surface area (Å²) in [6.45, 7) is 1.99. The van der Waals surface area contributed by atoms with Gasteiger partial charge in [-0.25, -0.2) is 13.2 Å². The fourth-order valence-electron chi connectivity index (χ4n) is 4.06. The minimum atomic E-state index is -3.88. The molecule has 2 saturated heterocycles. The molecule has 9 heteroatoms. The number of cyclic esters (lactones) is 1. The van der Waals surface area contributed by atoms with E-state index in [0.717, 1.165) is 30.6 Å². The van der Waals surface area contributed by atoms with Crippen LogP contribution in [0, 0.1) is 0 Å². The third-order valence-electron chi connectivity index (χ3n) is 5.76. The van der Waals surface area contributed by atoms with Crippen LogP contribution in [0.1, 0.15) is 71.1 Å². The smallest absolute Gasteiger partial charge is 0.411 e. The number of nitrogens with zero attached hydrogens (tertiary/aromatic N) is 1. The van der Waals surface area contributed by atoms with Crippen molar-refractivity contribution >= 4 is 15.9 Å². The van der Waals surface area contributed by atoms with Crippen LogP contribution < -0.4 is 0 Å². The molecule has 0 spiro atoms. The summed E-state index contributed by atoms with van der Waals surface area (Å²) in [5.41, 5.74) is 0. The number of hydrogen-bond acceptors (Lipinski definition) is 7. The zero-order chi connectivity index (χ0) is 20.7. The Morgan fingerprint density at radius 3 is 2.00 bits per heavy atom. The van der Waals surface area contributed by atoms with Gasteiger partial charge in [-0.15, -0.1) is 0 Å². The Labute approximate surface area is 167 Å². The molecule has 8 nitrogen and oxygen atoms in total.